The average molecular weight is 2050 g/mol. The summed E-state index contributed by atoms with van der Waals surface area (Å²) in [5.41, 5.74) is 7.68. The third kappa shape index (κ3) is 38.6. The van der Waals surface area contributed by atoms with E-state index in [-0.39, 0.29) is 127 Å². The van der Waals surface area contributed by atoms with E-state index in [1.807, 2.05) is 0 Å². The Bertz CT molecular complexity index is 5300. The van der Waals surface area contributed by atoms with E-state index in [1.54, 1.807) is 88.6 Å². The molecule has 1 aliphatic heterocycles. The number of aliphatic hydroxyl groups excluding tert-OH is 1. The molecule has 0 unspecified atom stereocenters. The molecule has 144 heavy (non-hydrogen) atoms. The summed E-state index contributed by atoms with van der Waals surface area (Å²) in [5.74, 6) is -15.5. The Kier molecular flexibility index (Phi) is 47.2. The molecule has 788 valence electrons. The van der Waals surface area contributed by atoms with Crippen molar-refractivity contribution >= 4 is 156 Å². The summed E-state index contributed by atoms with van der Waals surface area (Å²) in [7, 11) is 1.35. The number of guanidine groups is 1. The fourth-order valence-electron chi connectivity index (χ4n) is 16.1. The molecule has 2 fully saturated rings. The molecule has 26 N–H and O–H groups in total. The van der Waals surface area contributed by atoms with Gasteiger partial charge in [0.2, 0.25) is 82.8 Å². The number of aliphatic carboxylic acids is 3. The maximum absolute atomic E-state index is 15.3. The zero-order chi connectivity index (χ0) is 105. The van der Waals surface area contributed by atoms with E-state index in [2.05, 4.69) is 117 Å². The van der Waals surface area contributed by atoms with Gasteiger partial charge in [0.05, 0.1) is 70.9 Å². The van der Waals surface area contributed by atoms with Crippen LogP contribution in [-0.2, 0) is 120 Å². The van der Waals surface area contributed by atoms with Gasteiger partial charge in [0.25, 0.3) is 5.91 Å². The van der Waals surface area contributed by atoms with Crippen molar-refractivity contribution < 1.29 is 126 Å². The molecule has 0 radical (unpaired) electrons. The van der Waals surface area contributed by atoms with Crippen molar-refractivity contribution in [3.63, 3.8) is 0 Å². The number of benzene rings is 2. The van der Waals surface area contributed by atoms with E-state index in [0.29, 0.717) is 72.8 Å². The first kappa shape index (κ1) is 116. The predicted molar refractivity (Wildman–Crippen MR) is 525 cm³/mol. The summed E-state index contributed by atoms with van der Waals surface area (Å²) in [4.78, 5) is 268. The molecule has 3 aliphatic rings. The largest absolute Gasteiger partial charge is 0.481 e. The van der Waals surface area contributed by atoms with Gasteiger partial charge in [-0.1, -0.05) is 99.5 Å². The number of carbonyl (C=O) groups is 18. The molecule has 0 spiro atoms. The number of aromatic amines is 3. The minimum atomic E-state index is -2.45. The lowest BCUT2D eigenvalue weighted by Crippen LogP contribution is -2.61. The molecule has 2 aliphatic carbocycles. The number of para-hydroxylation sites is 2. The highest BCUT2D eigenvalue weighted by Crippen LogP contribution is 2.52. The number of alkyl carbamates (subject to hydrolysis) is 1. The summed E-state index contributed by atoms with van der Waals surface area (Å²) in [6, 6.07) is -8.49. The Morgan fingerprint density at radius 1 is 0.562 bits per heavy atom. The molecule has 0 bridgehead atoms. The van der Waals surface area contributed by atoms with Crippen LogP contribution in [0.25, 0.3) is 21.8 Å². The third-order valence-corrected chi connectivity index (χ3v) is 26.2. The van der Waals surface area contributed by atoms with E-state index >= 15 is 19.2 Å². The number of imidazole rings is 1. The van der Waals surface area contributed by atoms with Gasteiger partial charge in [-0.3, -0.25) is 77.3 Å². The van der Waals surface area contributed by atoms with Crippen LogP contribution in [0.4, 0.5) is 4.79 Å². The van der Waals surface area contributed by atoms with Gasteiger partial charge in [0.15, 0.2) is 12.0 Å². The van der Waals surface area contributed by atoms with Crippen LogP contribution < -0.4 is 90.8 Å². The molecule has 5 aromatic rings. The molecule has 50 heteroatoms. The number of nitrogens with one attached hydrogen (secondary N) is 20. The smallest absolute Gasteiger partial charge is 0.407 e. The van der Waals surface area contributed by atoms with Crippen LogP contribution in [0.5, 0.6) is 0 Å². The summed E-state index contributed by atoms with van der Waals surface area (Å²) >= 11 is 0. The zero-order valence-corrected chi connectivity index (χ0v) is 83.1. The molecule has 4 heterocycles. The predicted octanol–water partition coefficient (Wildman–Crippen LogP) is -1.73. The molecule has 3 aromatic heterocycles. The lowest BCUT2D eigenvalue weighted by Gasteiger charge is -2.29. The van der Waals surface area contributed by atoms with Gasteiger partial charge in [0, 0.05) is 110 Å². The Balaban J connectivity index is 1.03. The highest BCUT2D eigenvalue weighted by atomic mass is 33.1. The van der Waals surface area contributed by atoms with Crippen molar-refractivity contribution in [2.24, 2.45) is 41.2 Å². The molecule has 1 saturated heterocycles. The van der Waals surface area contributed by atoms with Crippen LogP contribution >= 0.6 is 21.6 Å². The number of aliphatic hydroxyl groups is 1. The number of amides is 15. The quantitative estimate of drug-likeness (QED) is 0.00515. The number of fused-ring (bicyclic) bond motifs is 3. The Hall–Kier alpha value is -13.6. The van der Waals surface area contributed by atoms with Crippen LogP contribution in [0, 0.1) is 52.8 Å². The van der Waals surface area contributed by atoms with E-state index in [9.17, 15) is 87.5 Å². The third-order valence-electron chi connectivity index (χ3n) is 23.7. The second kappa shape index (κ2) is 58.8. The number of H-pyrrole nitrogens is 3. The Morgan fingerprint density at radius 2 is 1.10 bits per heavy atom. The fourth-order valence-corrected chi connectivity index (χ4v) is 18.4. The molecular formula is C94H134N22O26S2. The first-order valence-electron chi connectivity index (χ1n) is 47.7. The van der Waals surface area contributed by atoms with Crippen molar-refractivity contribution in [3.05, 3.63) is 90.3 Å². The minimum absolute atomic E-state index is 0.0254. The number of hydrogen-bond acceptors (Lipinski definition) is 27. The average Bonchev–Trinajstić information content (AvgIpc) is 1.62. The van der Waals surface area contributed by atoms with Crippen LogP contribution in [0.2, 0.25) is 0 Å². The van der Waals surface area contributed by atoms with Crippen LogP contribution in [-0.4, -0.2) is 315 Å². The number of nitrogens with zero attached hydrogens (tertiary/aromatic N) is 1. The van der Waals surface area contributed by atoms with Crippen LogP contribution in [0.1, 0.15) is 143 Å². The second-order valence-corrected chi connectivity index (χ2v) is 38.9. The van der Waals surface area contributed by atoms with Gasteiger partial charge < -0.3 is 145 Å². The highest BCUT2D eigenvalue weighted by Gasteiger charge is 2.50. The minimum Gasteiger partial charge on any atom is -0.481 e. The number of rotatable bonds is 42. The monoisotopic (exact) mass is 2050 g/mol. The van der Waals surface area contributed by atoms with E-state index in [4.69, 9.17) is 30.1 Å². The maximum Gasteiger partial charge on any atom is 0.407 e. The first-order chi connectivity index (χ1) is 68.6. The number of aromatic nitrogens is 4. The SMILES string of the molecule is CC(C)C[C@@H]1NC(=O)[C@H](Cc2c[nH]cn2)NC(=O)[C@H](Cc2c[nH]c3ccccc23)NC(=O)[C@H](C)NC(=O)[C@@H](NC(=O)[C@@H](NC(=O)CCOCCOCCOCCNC(=O)[C@@H](CCCNC(=N)N)NC(=O)OC[C@@H]2[C@@H]3CCC#CCC[C@@H]32)C(=O)O)CSSC[C@@H](C(=O)N[C@H](C(=O)O)[C@@H](C)O)NC(=O)[C@H](Cc2c[nH]c3ccccc23)NC(=O)[C@H](C(C)C)NC(=O)[C@H](CC(C)C)NC(=O)[C@H](CCC(=O)O)NC(=O)CNC1=O. The van der Waals surface area contributed by atoms with Crippen molar-refractivity contribution in [2.75, 3.05) is 77.4 Å². The fraction of sp³-hybridized carbons (Fsp3) is 0.574. The Labute approximate surface area is 838 Å². The number of ether oxygens (including phenoxy) is 4. The molecule has 2 aromatic carbocycles. The molecule has 8 rings (SSSR count). The van der Waals surface area contributed by atoms with Crippen molar-refractivity contribution in [3.8, 4) is 11.8 Å². The summed E-state index contributed by atoms with van der Waals surface area (Å²) < 4.78 is 22.3. The van der Waals surface area contributed by atoms with Gasteiger partial charge in [0.1, 0.15) is 66.5 Å². The second-order valence-electron chi connectivity index (χ2n) is 36.4. The van der Waals surface area contributed by atoms with Crippen molar-refractivity contribution in [2.45, 2.75) is 230 Å². The summed E-state index contributed by atoms with van der Waals surface area (Å²) in [5, 5.41) is 90.3. The molecule has 1 saturated carbocycles. The standard InChI is InChI=1S/C94H134N22O26S2/c1-49(2)36-66-81(124)102-44-74(119)105-65(25-26-75(120)121)82(125)108-67(37-50(3)4)86(129)115-76(51(5)6)89(132)110-69(39-55-42-101-63-23-16-14-19-58(55)63)84(127)111-72(88(131)116-77(53(8)117)91(134)135)47-144-143-46-71(87(130)104-52(7)79(122)106-68(38-54-41-100-62-22-15-13-18-57(54)62)83(126)109-70(85(128)107-66)40-56-43-97-48-103-56)112-90(133)78(92(136)137)114-73(118)27-30-139-32-34-141-35-33-140-31-29-98-80(123)64(24-17-28-99-93(95)96)113-94(138)142-45-61-59-20-11-9-10-12-21-60(59)61/h13-16,18-19,22-23,41-43,48-53,59-61,64-72,76-78,100-101,117H,11-12,17,20-21,24-40,44-47H2,1-8H3,(H,97,103)(H,98,123)(H,102,124)(H,104,130)(H,105,119)(H,106,122)(H,107,128)(H,108,125)(H,109,126)(H,110,132)(H,111,127)(H,112,133)(H,113,138)(H,114,118)(H,115,129)(H,116,131)(H,120,121)(H,134,135)(H,136,137)(H4,95,96,99)/t52-,53+,59-,60+,61-,64+,65-,66-,67-,68-,69-,70-,71-,72-,76-,77-,78+/m0/s1. The number of carboxylic acid groups (broad SMARTS) is 3. The number of carboxylic acids is 3. The molecule has 15 amide bonds. The van der Waals surface area contributed by atoms with Gasteiger partial charge in [-0.2, -0.15) is 0 Å². The van der Waals surface area contributed by atoms with Gasteiger partial charge in [-0.05, 0) is 118 Å². The summed E-state index contributed by atoms with van der Waals surface area (Å²) in [6.07, 6.45) is 4.28. The number of nitrogens with two attached hydrogens (primary N) is 1. The van der Waals surface area contributed by atoms with Crippen molar-refractivity contribution in [1.29, 1.82) is 5.41 Å². The van der Waals surface area contributed by atoms with Gasteiger partial charge in [-0.15, -0.1) is 11.8 Å². The highest BCUT2D eigenvalue weighted by molar-refractivity contribution is 8.76. The van der Waals surface area contributed by atoms with E-state index < -0.39 is 235 Å². The van der Waals surface area contributed by atoms with E-state index in [1.165, 1.54) is 33.3 Å². The van der Waals surface area contributed by atoms with Gasteiger partial charge in [-0.25, -0.2) is 19.4 Å². The number of hydrogen-bond donors (Lipinski definition) is 25. The number of carbonyl (C=O) groups excluding carboxylic acids is 15. The maximum atomic E-state index is 15.3. The molecule has 48 nitrogen and oxygen atoms in total. The van der Waals surface area contributed by atoms with E-state index in [0.717, 1.165) is 32.6 Å². The van der Waals surface area contributed by atoms with Crippen molar-refractivity contribution in [1.82, 2.24) is 105 Å². The Morgan fingerprint density at radius 3 is 1.67 bits per heavy atom. The molecule has 17 atom stereocenters. The normalized spacial score (nSPS) is 22.7. The zero-order valence-electron chi connectivity index (χ0n) is 81.5. The lowest BCUT2D eigenvalue weighted by molar-refractivity contribution is -0.147. The molecular weight excluding hydrogens is 1920 g/mol. The lowest BCUT2D eigenvalue weighted by atomic mass is 9.98. The first-order valence-corrected chi connectivity index (χ1v) is 50.2. The summed E-state index contributed by atoms with van der Waals surface area (Å²) in [6.45, 7) is 11.5. The van der Waals surface area contributed by atoms with Crippen LogP contribution in [0.15, 0.2) is 73.4 Å². The van der Waals surface area contributed by atoms with Crippen LogP contribution in [0.3, 0.4) is 0 Å². The topological polar surface area (TPSA) is 728 Å². The van der Waals surface area contributed by atoms with Gasteiger partial charge >= 0.3 is 24.0 Å².